The number of hydrogen-bond donors (Lipinski definition) is 0. The van der Waals surface area contributed by atoms with Gasteiger partial charge >= 0.3 is 0 Å². The number of nitrogens with zero attached hydrogens (tertiary/aromatic N) is 5. The fourth-order valence-electron chi connectivity index (χ4n) is 2.97. The van der Waals surface area contributed by atoms with Crippen molar-refractivity contribution in [1.82, 2.24) is 24.3 Å². The number of aromatic nitrogens is 5. The first-order chi connectivity index (χ1) is 11.8. The normalized spacial score (nSPS) is 12.1. The second-order valence-electron chi connectivity index (χ2n) is 5.41. The van der Waals surface area contributed by atoms with Gasteiger partial charge in [0.05, 0.1) is 25.0 Å². The smallest absolute Gasteiger partial charge is 0.170 e. The summed E-state index contributed by atoms with van der Waals surface area (Å²) in [6, 6.07) is 5.70. The van der Waals surface area contributed by atoms with E-state index in [2.05, 4.69) is 15.2 Å². The molecular weight excluding hydrogens is 310 g/mol. The lowest BCUT2D eigenvalue weighted by Gasteiger charge is -2.09. The van der Waals surface area contributed by atoms with Gasteiger partial charge in [-0.2, -0.15) is 0 Å². The van der Waals surface area contributed by atoms with E-state index in [1.807, 2.05) is 27.3 Å². The molecular formula is C16H15N5O3. The molecule has 0 bridgehead atoms. The molecule has 3 aromatic rings. The largest absolute Gasteiger partial charge is 0.497 e. The molecule has 2 aromatic heterocycles. The number of aldehydes is 1. The van der Waals surface area contributed by atoms with E-state index in [0.717, 1.165) is 29.0 Å². The maximum atomic E-state index is 11.4. The number of rotatable bonds is 4. The van der Waals surface area contributed by atoms with Crippen molar-refractivity contribution in [3.63, 3.8) is 0 Å². The first-order valence-corrected chi connectivity index (χ1v) is 7.38. The third-order valence-electron chi connectivity index (χ3n) is 4.12. The molecule has 1 aliphatic heterocycles. The van der Waals surface area contributed by atoms with Crippen LogP contribution in [0.3, 0.4) is 0 Å². The van der Waals surface area contributed by atoms with Gasteiger partial charge in [0.2, 0.25) is 0 Å². The summed E-state index contributed by atoms with van der Waals surface area (Å²) in [7, 11) is 3.23. The van der Waals surface area contributed by atoms with Crippen molar-refractivity contribution in [3.05, 3.63) is 41.7 Å². The summed E-state index contributed by atoms with van der Waals surface area (Å²) in [5.41, 5.74) is 2.92. The SMILES string of the molecule is COCc1nnc2n1Cc1c(C=O)ncn1-c1ccc(OC)cc1-2. The topological polar surface area (TPSA) is 84.1 Å². The Balaban J connectivity index is 2.03. The number of hydrogen-bond acceptors (Lipinski definition) is 6. The van der Waals surface area contributed by atoms with Gasteiger partial charge in [0, 0.05) is 12.7 Å². The lowest BCUT2D eigenvalue weighted by Crippen LogP contribution is -2.09. The Morgan fingerprint density at radius 3 is 2.92 bits per heavy atom. The molecule has 0 saturated carbocycles. The summed E-state index contributed by atoms with van der Waals surface area (Å²) in [5, 5.41) is 8.55. The van der Waals surface area contributed by atoms with Gasteiger partial charge in [0.1, 0.15) is 24.4 Å². The molecule has 0 aliphatic carbocycles. The van der Waals surface area contributed by atoms with Crippen LogP contribution in [0.25, 0.3) is 17.1 Å². The van der Waals surface area contributed by atoms with Gasteiger partial charge in [-0.1, -0.05) is 0 Å². The molecule has 0 amide bonds. The van der Waals surface area contributed by atoms with Crippen LogP contribution in [0.5, 0.6) is 5.75 Å². The third-order valence-corrected chi connectivity index (χ3v) is 4.12. The van der Waals surface area contributed by atoms with Crippen LogP contribution in [-0.2, 0) is 17.9 Å². The van der Waals surface area contributed by atoms with E-state index in [9.17, 15) is 4.79 Å². The molecule has 0 unspecified atom stereocenters. The Morgan fingerprint density at radius 1 is 1.29 bits per heavy atom. The molecule has 8 heteroatoms. The van der Waals surface area contributed by atoms with E-state index in [1.165, 1.54) is 0 Å². The number of fused-ring (bicyclic) bond motifs is 5. The van der Waals surface area contributed by atoms with Gasteiger partial charge in [0.25, 0.3) is 0 Å². The van der Waals surface area contributed by atoms with Crippen molar-refractivity contribution in [3.8, 4) is 22.8 Å². The van der Waals surface area contributed by atoms with Crippen molar-refractivity contribution >= 4 is 6.29 Å². The van der Waals surface area contributed by atoms with Gasteiger partial charge in [-0.15, -0.1) is 10.2 Å². The van der Waals surface area contributed by atoms with Crippen molar-refractivity contribution in [2.45, 2.75) is 13.2 Å². The molecule has 0 saturated heterocycles. The summed E-state index contributed by atoms with van der Waals surface area (Å²) in [6.45, 7) is 0.767. The standard InChI is InChI=1S/C16H15N5O3/c1-23-8-15-18-19-16-11-5-10(24-2)3-4-13(11)21-9-17-12(7-22)14(21)6-20(15)16/h3-5,7,9H,6,8H2,1-2H3. The first kappa shape index (κ1) is 14.6. The Hall–Kier alpha value is -3.00. The van der Waals surface area contributed by atoms with Crippen LogP contribution in [0, 0.1) is 0 Å². The monoisotopic (exact) mass is 325 g/mol. The van der Waals surface area contributed by atoms with Crippen LogP contribution in [0.4, 0.5) is 0 Å². The van der Waals surface area contributed by atoms with Crippen LogP contribution in [0.15, 0.2) is 24.5 Å². The second kappa shape index (κ2) is 5.57. The summed E-state index contributed by atoms with van der Waals surface area (Å²) >= 11 is 0. The predicted molar refractivity (Wildman–Crippen MR) is 84.3 cm³/mol. The van der Waals surface area contributed by atoms with Gasteiger partial charge < -0.3 is 14.0 Å². The molecule has 0 atom stereocenters. The number of methoxy groups -OCH3 is 2. The van der Waals surface area contributed by atoms with Crippen LogP contribution in [-0.4, -0.2) is 44.8 Å². The van der Waals surface area contributed by atoms with Crippen LogP contribution in [0.2, 0.25) is 0 Å². The zero-order chi connectivity index (χ0) is 16.7. The molecule has 1 aliphatic rings. The Labute approximate surface area is 137 Å². The molecule has 0 spiro atoms. The number of ether oxygens (including phenoxy) is 2. The Bertz CT molecular complexity index is 928. The zero-order valence-corrected chi connectivity index (χ0v) is 13.3. The van der Waals surface area contributed by atoms with E-state index >= 15 is 0 Å². The average molecular weight is 325 g/mol. The molecule has 1 aromatic carbocycles. The van der Waals surface area contributed by atoms with Gasteiger partial charge in [-0.05, 0) is 18.2 Å². The molecule has 24 heavy (non-hydrogen) atoms. The fourth-order valence-corrected chi connectivity index (χ4v) is 2.97. The number of carbonyl (C=O) groups excluding carboxylic acids is 1. The van der Waals surface area contributed by atoms with E-state index in [4.69, 9.17) is 9.47 Å². The summed E-state index contributed by atoms with van der Waals surface area (Å²) in [4.78, 5) is 15.6. The highest BCUT2D eigenvalue weighted by Crippen LogP contribution is 2.34. The van der Waals surface area contributed by atoms with Crippen molar-refractivity contribution in [1.29, 1.82) is 0 Å². The molecule has 0 radical (unpaired) electrons. The molecule has 0 fully saturated rings. The molecule has 8 nitrogen and oxygen atoms in total. The number of carbonyl (C=O) groups is 1. The van der Waals surface area contributed by atoms with Crippen LogP contribution < -0.4 is 4.74 Å². The quantitative estimate of drug-likeness (QED) is 0.528. The van der Waals surface area contributed by atoms with Gasteiger partial charge in [-0.25, -0.2) is 4.98 Å². The van der Waals surface area contributed by atoms with E-state index in [1.54, 1.807) is 20.5 Å². The minimum Gasteiger partial charge on any atom is -0.497 e. The Kier molecular flexibility index (Phi) is 3.39. The fraction of sp³-hybridized carbons (Fsp3) is 0.250. The van der Waals surface area contributed by atoms with E-state index in [0.29, 0.717) is 30.5 Å². The number of benzene rings is 1. The maximum Gasteiger partial charge on any atom is 0.170 e. The summed E-state index contributed by atoms with van der Waals surface area (Å²) in [6.07, 6.45) is 2.42. The highest BCUT2D eigenvalue weighted by molar-refractivity contribution is 5.77. The van der Waals surface area contributed by atoms with Crippen molar-refractivity contribution in [2.75, 3.05) is 14.2 Å². The maximum absolute atomic E-state index is 11.4. The average Bonchev–Trinajstić information content (AvgIpc) is 3.16. The zero-order valence-electron chi connectivity index (χ0n) is 13.3. The third kappa shape index (κ3) is 2.04. The van der Waals surface area contributed by atoms with Crippen LogP contribution >= 0.6 is 0 Å². The van der Waals surface area contributed by atoms with E-state index in [-0.39, 0.29) is 0 Å². The molecule has 0 N–H and O–H groups in total. The predicted octanol–water partition coefficient (Wildman–Crippen LogP) is 1.46. The lowest BCUT2D eigenvalue weighted by molar-refractivity contribution is 0.111. The summed E-state index contributed by atoms with van der Waals surface area (Å²) < 4.78 is 14.4. The molecule has 122 valence electrons. The van der Waals surface area contributed by atoms with Gasteiger partial charge in [-0.3, -0.25) is 9.36 Å². The molecule has 3 heterocycles. The Morgan fingerprint density at radius 2 is 2.17 bits per heavy atom. The van der Waals surface area contributed by atoms with Crippen molar-refractivity contribution in [2.24, 2.45) is 0 Å². The molecule has 4 rings (SSSR count). The number of imidazole rings is 1. The minimum atomic E-state index is 0.330. The van der Waals surface area contributed by atoms with Crippen molar-refractivity contribution < 1.29 is 14.3 Å². The highest BCUT2D eigenvalue weighted by Gasteiger charge is 2.26. The van der Waals surface area contributed by atoms with Crippen LogP contribution in [0.1, 0.15) is 22.0 Å². The van der Waals surface area contributed by atoms with Gasteiger partial charge in [0.15, 0.2) is 17.9 Å². The highest BCUT2D eigenvalue weighted by atomic mass is 16.5. The van der Waals surface area contributed by atoms with E-state index < -0.39 is 0 Å². The lowest BCUT2D eigenvalue weighted by atomic mass is 10.1. The minimum absolute atomic E-state index is 0.330. The second-order valence-corrected chi connectivity index (χ2v) is 5.41. The first-order valence-electron chi connectivity index (χ1n) is 7.38. The summed E-state index contributed by atoms with van der Waals surface area (Å²) in [5.74, 6) is 2.11.